The van der Waals surface area contributed by atoms with Gasteiger partial charge in [-0.15, -0.1) is 0 Å². The van der Waals surface area contributed by atoms with Gasteiger partial charge >= 0.3 is 0 Å². The van der Waals surface area contributed by atoms with E-state index in [0.29, 0.717) is 35.7 Å². The molecule has 1 aromatic rings. The summed E-state index contributed by atoms with van der Waals surface area (Å²) in [6.45, 7) is 4.38. The largest absolute Gasteiger partial charge is 0.343 e. The maximum atomic E-state index is 13.1. The predicted molar refractivity (Wildman–Crippen MR) is 108 cm³/mol. The Bertz CT molecular complexity index is 704. The quantitative estimate of drug-likeness (QED) is 0.830. The lowest BCUT2D eigenvalue weighted by atomic mass is 9.85. The average molecular weight is 412 g/mol. The molecule has 148 valence electrons. The Labute approximate surface area is 171 Å². The number of nitrogens with zero attached hydrogens (tertiary/aromatic N) is 2. The third-order valence-electron chi connectivity index (χ3n) is 5.96. The minimum atomic E-state index is 0.0150. The van der Waals surface area contributed by atoms with Gasteiger partial charge in [-0.05, 0) is 44.0 Å². The highest BCUT2D eigenvalue weighted by Crippen LogP contribution is 2.33. The van der Waals surface area contributed by atoms with Crippen LogP contribution in [0.1, 0.15) is 37.7 Å². The molecular weight excluding hydrogens is 385 g/mol. The van der Waals surface area contributed by atoms with E-state index in [0.717, 1.165) is 31.4 Å². The molecule has 27 heavy (non-hydrogen) atoms. The number of rotatable bonds is 3. The lowest BCUT2D eigenvalue weighted by Crippen LogP contribution is -2.51. The molecule has 0 bridgehead atoms. The van der Waals surface area contributed by atoms with E-state index in [9.17, 15) is 9.59 Å². The summed E-state index contributed by atoms with van der Waals surface area (Å²) in [5, 5.41) is 4.47. The topological polar surface area (TPSA) is 52.7 Å². The Balaban J connectivity index is 1.69. The highest BCUT2D eigenvalue weighted by Gasteiger charge is 2.35. The van der Waals surface area contributed by atoms with Crippen molar-refractivity contribution in [3.63, 3.8) is 0 Å². The molecule has 1 aromatic carbocycles. The summed E-state index contributed by atoms with van der Waals surface area (Å²) in [6.07, 6.45) is 2.41. The summed E-state index contributed by atoms with van der Waals surface area (Å²) < 4.78 is 0. The van der Waals surface area contributed by atoms with E-state index in [4.69, 9.17) is 23.2 Å². The van der Waals surface area contributed by atoms with Gasteiger partial charge in [-0.1, -0.05) is 29.3 Å². The lowest BCUT2D eigenvalue weighted by Gasteiger charge is -2.41. The molecular formula is C20H27Cl2N3O2. The van der Waals surface area contributed by atoms with Gasteiger partial charge in [-0.25, -0.2) is 0 Å². The van der Waals surface area contributed by atoms with Gasteiger partial charge in [0.1, 0.15) is 0 Å². The van der Waals surface area contributed by atoms with Crippen molar-refractivity contribution in [1.82, 2.24) is 15.1 Å². The highest BCUT2D eigenvalue weighted by atomic mass is 35.5. The Hall–Kier alpha value is -1.30. The van der Waals surface area contributed by atoms with Crippen LogP contribution in [0.5, 0.6) is 0 Å². The number of hydrogen-bond acceptors (Lipinski definition) is 3. The third kappa shape index (κ3) is 4.58. The Kier molecular flexibility index (Phi) is 6.66. The van der Waals surface area contributed by atoms with Crippen LogP contribution in [-0.4, -0.2) is 60.9 Å². The average Bonchev–Trinajstić information content (AvgIpc) is 2.69. The summed E-state index contributed by atoms with van der Waals surface area (Å²) in [4.78, 5) is 28.4. The molecule has 3 rings (SSSR count). The zero-order chi connectivity index (χ0) is 19.6. The van der Waals surface area contributed by atoms with E-state index in [-0.39, 0.29) is 23.7 Å². The van der Waals surface area contributed by atoms with Crippen molar-refractivity contribution in [2.45, 2.75) is 38.1 Å². The van der Waals surface area contributed by atoms with Crippen LogP contribution in [0.2, 0.25) is 10.0 Å². The van der Waals surface area contributed by atoms with Crippen LogP contribution in [0.4, 0.5) is 0 Å². The number of halogens is 2. The molecule has 2 heterocycles. The van der Waals surface area contributed by atoms with Crippen molar-refractivity contribution in [2.24, 2.45) is 5.92 Å². The zero-order valence-electron chi connectivity index (χ0n) is 15.9. The first-order valence-corrected chi connectivity index (χ1v) is 10.3. The maximum absolute atomic E-state index is 13.1. The molecule has 2 atom stereocenters. The Morgan fingerprint density at radius 3 is 2.30 bits per heavy atom. The van der Waals surface area contributed by atoms with Crippen molar-refractivity contribution >= 4 is 35.0 Å². The second-order valence-electron chi connectivity index (χ2n) is 7.53. The van der Waals surface area contributed by atoms with Crippen LogP contribution in [0.15, 0.2) is 18.2 Å². The minimum absolute atomic E-state index is 0.0150. The van der Waals surface area contributed by atoms with Crippen LogP contribution in [-0.2, 0) is 9.59 Å². The molecule has 0 spiro atoms. The first kappa shape index (κ1) is 20.4. The van der Waals surface area contributed by atoms with Crippen LogP contribution in [0.3, 0.4) is 0 Å². The number of carbonyl (C=O) groups excluding carboxylic acids is 2. The fourth-order valence-electron chi connectivity index (χ4n) is 4.28. The number of benzene rings is 1. The molecule has 1 unspecified atom stereocenters. The molecule has 0 aromatic heterocycles. The summed E-state index contributed by atoms with van der Waals surface area (Å²) in [5.74, 6) is 0.509. The fraction of sp³-hybridized carbons (Fsp3) is 0.600. The van der Waals surface area contributed by atoms with Crippen LogP contribution in [0.25, 0.3) is 0 Å². The van der Waals surface area contributed by atoms with E-state index in [1.54, 1.807) is 6.92 Å². The molecule has 2 saturated heterocycles. The molecule has 5 nitrogen and oxygen atoms in total. The minimum Gasteiger partial charge on any atom is -0.343 e. The standard InChI is InChI=1S/C20H27Cl2N3O2/c1-13(26)24-8-5-14(6-9-24)20(27)25-10-7-19(23-2)16(12-25)15-3-4-17(21)18(22)11-15/h3-4,11,14,16,19,23H,5-10,12H2,1-2H3/t16-,19?/m0/s1. The van der Waals surface area contributed by atoms with E-state index in [1.165, 1.54) is 0 Å². The van der Waals surface area contributed by atoms with Crippen molar-refractivity contribution < 1.29 is 9.59 Å². The van der Waals surface area contributed by atoms with Gasteiger partial charge in [-0.3, -0.25) is 9.59 Å². The van der Waals surface area contributed by atoms with Crippen LogP contribution < -0.4 is 5.32 Å². The molecule has 1 N–H and O–H groups in total. The van der Waals surface area contributed by atoms with E-state index >= 15 is 0 Å². The number of carbonyl (C=O) groups is 2. The van der Waals surface area contributed by atoms with Gasteiger partial charge in [0.2, 0.25) is 11.8 Å². The number of likely N-dealkylation sites (tertiary alicyclic amines) is 2. The van der Waals surface area contributed by atoms with E-state index < -0.39 is 0 Å². The molecule has 2 aliphatic rings. The van der Waals surface area contributed by atoms with Gasteiger partial charge in [-0.2, -0.15) is 0 Å². The summed E-state index contributed by atoms with van der Waals surface area (Å²) in [6, 6.07) is 6.04. The maximum Gasteiger partial charge on any atom is 0.225 e. The number of nitrogens with one attached hydrogen (secondary N) is 1. The first-order chi connectivity index (χ1) is 12.9. The number of hydrogen-bond donors (Lipinski definition) is 1. The van der Waals surface area contributed by atoms with Crippen molar-refractivity contribution in [3.05, 3.63) is 33.8 Å². The normalized spacial score (nSPS) is 24.1. The lowest BCUT2D eigenvalue weighted by molar-refractivity contribution is -0.141. The molecule has 0 radical (unpaired) electrons. The number of likely N-dealkylation sites (N-methyl/N-ethyl adjacent to an activating group) is 1. The zero-order valence-corrected chi connectivity index (χ0v) is 17.4. The van der Waals surface area contributed by atoms with Gasteiger partial charge in [0.25, 0.3) is 0 Å². The summed E-state index contributed by atoms with van der Waals surface area (Å²) >= 11 is 12.3. The Morgan fingerprint density at radius 1 is 1.04 bits per heavy atom. The van der Waals surface area contributed by atoms with Crippen molar-refractivity contribution in [2.75, 3.05) is 33.2 Å². The smallest absolute Gasteiger partial charge is 0.225 e. The number of amides is 2. The van der Waals surface area contributed by atoms with E-state index in [2.05, 4.69) is 5.32 Å². The predicted octanol–water partition coefficient (Wildman–Crippen LogP) is 3.16. The molecule has 0 saturated carbocycles. The molecule has 2 aliphatic heterocycles. The second-order valence-corrected chi connectivity index (χ2v) is 8.34. The van der Waals surface area contributed by atoms with Gasteiger partial charge in [0.15, 0.2) is 0 Å². The van der Waals surface area contributed by atoms with Crippen molar-refractivity contribution in [3.8, 4) is 0 Å². The van der Waals surface area contributed by atoms with Crippen LogP contribution >= 0.6 is 23.2 Å². The molecule has 7 heteroatoms. The highest BCUT2D eigenvalue weighted by molar-refractivity contribution is 6.42. The van der Waals surface area contributed by atoms with Gasteiger partial charge in [0.05, 0.1) is 10.0 Å². The third-order valence-corrected chi connectivity index (χ3v) is 6.70. The Morgan fingerprint density at radius 2 is 1.70 bits per heavy atom. The first-order valence-electron chi connectivity index (χ1n) is 9.57. The fourth-order valence-corrected chi connectivity index (χ4v) is 4.58. The summed E-state index contributed by atoms with van der Waals surface area (Å²) in [5.41, 5.74) is 1.10. The molecule has 0 aliphatic carbocycles. The second kappa shape index (κ2) is 8.80. The SMILES string of the molecule is CNC1CCN(C(=O)C2CCN(C(C)=O)CC2)C[C@H]1c1ccc(Cl)c(Cl)c1. The van der Waals surface area contributed by atoms with Gasteiger partial charge in [0, 0.05) is 51.0 Å². The molecule has 2 fully saturated rings. The van der Waals surface area contributed by atoms with Crippen molar-refractivity contribution in [1.29, 1.82) is 0 Å². The number of piperidine rings is 2. The summed E-state index contributed by atoms with van der Waals surface area (Å²) in [7, 11) is 1.96. The van der Waals surface area contributed by atoms with Crippen LogP contribution in [0, 0.1) is 5.92 Å². The van der Waals surface area contributed by atoms with Gasteiger partial charge < -0.3 is 15.1 Å². The van der Waals surface area contributed by atoms with E-state index in [1.807, 2.05) is 35.0 Å². The monoisotopic (exact) mass is 411 g/mol. The molecule has 2 amide bonds.